The van der Waals surface area contributed by atoms with Gasteiger partial charge in [-0.05, 0) is 30.7 Å². The van der Waals surface area contributed by atoms with Gasteiger partial charge < -0.3 is 4.90 Å². The molecule has 1 radical (unpaired) electrons. The summed E-state index contributed by atoms with van der Waals surface area (Å²) in [5.74, 6) is 0. The predicted molar refractivity (Wildman–Crippen MR) is 69.9 cm³/mol. The maximum absolute atomic E-state index is 3.93. The van der Waals surface area contributed by atoms with E-state index in [0.29, 0.717) is 0 Å². The normalized spacial score (nSPS) is 10.1. The van der Waals surface area contributed by atoms with Crippen LogP contribution in [0.2, 0.25) is 0 Å². The fraction of sp³-hybridized carbons (Fsp3) is 0.133. The molecule has 1 heteroatoms. The molecule has 0 fully saturated rings. The highest BCUT2D eigenvalue weighted by molar-refractivity contribution is 5.62. The molecule has 81 valence electrons. The van der Waals surface area contributed by atoms with Gasteiger partial charge in [0, 0.05) is 17.9 Å². The van der Waals surface area contributed by atoms with Crippen LogP contribution in [0.25, 0.3) is 0 Å². The Bertz CT molecular complexity index is 368. The molecule has 1 nitrogen and oxygen atoms in total. The van der Waals surface area contributed by atoms with Crippen molar-refractivity contribution in [2.24, 2.45) is 0 Å². The first-order valence-corrected chi connectivity index (χ1v) is 5.58. The minimum atomic E-state index is 0.893. The lowest BCUT2D eigenvalue weighted by atomic mass is 10.2. The van der Waals surface area contributed by atoms with Crippen LogP contribution in [0, 0.1) is 6.92 Å². The van der Waals surface area contributed by atoms with Crippen LogP contribution in [0.4, 0.5) is 11.4 Å². The molecule has 2 aromatic rings. The molecule has 0 heterocycles. The third-order valence-corrected chi connectivity index (χ3v) is 2.52. The quantitative estimate of drug-likeness (QED) is 0.736. The number of nitrogens with zero attached hydrogens (tertiary/aromatic N) is 1. The van der Waals surface area contributed by atoms with E-state index in [9.17, 15) is 0 Å². The van der Waals surface area contributed by atoms with Crippen LogP contribution in [0.5, 0.6) is 0 Å². The van der Waals surface area contributed by atoms with Crippen molar-refractivity contribution in [3.8, 4) is 0 Å². The monoisotopic (exact) mass is 210 g/mol. The maximum atomic E-state index is 3.93. The van der Waals surface area contributed by atoms with Gasteiger partial charge in [0.2, 0.25) is 0 Å². The molecule has 0 N–H and O–H groups in total. The summed E-state index contributed by atoms with van der Waals surface area (Å²) in [6.07, 6.45) is 0.893. The van der Waals surface area contributed by atoms with Gasteiger partial charge in [-0.15, -0.1) is 0 Å². The number of benzene rings is 2. The lowest BCUT2D eigenvalue weighted by Gasteiger charge is -2.24. The van der Waals surface area contributed by atoms with Gasteiger partial charge in [-0.1, -0.05) is 43.3 Å². The summed E-state index contributed by atoms with van der Waals surface area (Å²) in [4.78, 5) is 2.28. The van der Waals surface area contributed by atoms with Crippen molar-refractivity contribution in [3.05, 3.63) is 67.6 Å². The summed E-state index contributed by atoms with van der Waals surface area (Å²) >= 11 is 0. The molecule has 0 aliphatic heterocycles. The average molecular weight is 210 g/mol. The maximum Gasteiger partial charge on any atom is 0.0410 e. The Morgan fingerprint density at radius 3 is 1.56 bits per heavy atom. The summed E-state index contributed by atoms with van der Waals surface area (Å²) in [6.45, 7) is 4.87. The second-order valence-electron chi connectivity index (χ2n) is 3.68. The van der Waals surface area contributed by atoms with Crippen LogP contribution >= 0.6 is 0 Å². The van der Waals surface area contributed by atoms with Gasteiger partial charge in [-0.2, -0.15) is 0 Å². The van der Waals surface area contributed by atoms with E-state index in [2.05, 4.69) is 60.4 Å². The summed E-state index contributed by atoms with van der Waals surface area (Å²) in [7, 11) is 0. The molecule has 2 rings (SSSR count). The standard InChI is InChI=1S/C15H16N/c1-2-13-16(14-9-5-3-6-10-14)15-11-7-4-8-12-15/h3-12H,1-2,13H2. The van der Waals surface area contributed by atoms with Crippen molar-refractivity contribution < 1.29 is 0 Å². The molecule has 0 spiro atoms. The molecule has 0 amide bonds. The molecule has 16 heavy (non-hydrogen) atoms. The smallest absolute Gasteiger partial charge is 0.0410 e. The van der Waals surface area contributed by atoms with E-state index in [1.54, 1.807) is 0 Å². The largest absolute Gasteiger partial charge is 0.341 e. The zero-order valence-electron chi connectivity index (χ0n) is 9.34. The van der Waals surface area contributed by atoms with Gasteiger partial charge >= 0.3 is 0 Å². The summed E-state index contributed by atoms with van der Waals surface area (Å²) in [5.41, 5.74) is 2.44. The molecule has 0 aliphatic rings. The zero-order valence-corrected chi connectivity index (χ0v) is 9.34. The Balaban J connectivity index is 2.31. The highest BCUT2D eigenvalue weighted by Crippen LogP contribution is 2.24. The van der Waals surface area contributed by atoms with Crippen molar-refractivity contribution in [2.75, 3.05) is 11.4 Å². The zero-order chi connectivity index (χ0) is 11.2. The van der Waals surface area contributed by atoms with Crippen LogP contribution in [-0.4, -0.2) is 6.54 Å². The van der Waals surface area contributed by atoms with Crippen LogP contribution < -0.4 is 4.90 Å². The predicted octanol–water partition coefficient (Wildman–Crippen LogP) is 4.05. The Labute approximate surface area is 97.3 Å². The van der Waals surface area contributed by atoms with E-state index in [4.69, 9.17) is 0 Å². The minimum Gasteiger partial charge on any atom is -0.341 e. The van der Waals surface area contributed by atoms with E-state index in [0.717, 1.165) is 13.0 Å². The van der Waals surface area contributed by atoms with Gasteiger partial charge in [0.25, 0.3) is 0 Å². The van der Waals surface area contributed by atoms with Crippen molar-refractivity contribution in [2.45, 2.75) is 6.42 Å². The average Bonchev–Trinajstić information content (AvgIpc) is 2.38. The van der Waals surface area contributed by atoms with Gasteiger partial charge in [0.05, 0.1) is 0 Å². The Morgan fingerprint density at radius 1 is 0.750 bits per heavy atom. The molecule has 0 aromatic heterocycles. The van der Waals surface area contributed by atoms with Crippen LogP contribution in [0.3, 0.4) is 0 Å². The number of hydrogen-bond acceptors (Lipinski definition) is 1. The van der Waals surface area contributed by atoms with Gasteiger partial charge in [-0.3, -0.25) is 0 Å². The lowest BCUT2D eigenvalue weighted by Crippen LogP contribution is -2.17. The second kappa shape index (κ2) is 5.36. The lowest BCUT2D eigenvalue weighted by molar-refractivity contribution is 0.939. The molecule has 0 saturated heterocycles. The number of para-hydroxylation sites is 2. The molecule has 0 atom stereocenters. The van der Waals surface area contributed by atoms with Crippen molar-refractivity contribution in [1.82, 2.24) is 0 Å². The topological polar surface area (TPSA) is 3.24 Å². The molecular weight excluding hydrogens is 194 g/mol. The highest BCUT2D eigenvalue weighted by Gasteiger charge is 2.06. The van der Waals surface area contributed by atoms with Crippen molar-refractivity contribution in [3.63, 3.8) is 0 Å². The summed E-state index contributed by atoms with van der Waals surface area (Å²) in [6, 6.07) is 20.8. The van der Waals surface area contributed by atoms with Crippen LogP contribution in [0.15, 0.2) is 60.7 Å². The van der Waals surface area contributed by atoms with E-state index < -0.39 is 0 Å². The molecule has 0 saturated carbocycles. The summed E-state index contributed by atoms with van der Waals surface area (Å²) in [5, 5.41) is 0. The van der Waals surface area contributed by atoms with Gasteiger partial charge in [-0.25, -0.2) is 0 Å². The highest BCUT2D eigenvalue weighted by atomic mass is 15.1. The van der Waals surface area contributed by atoms with Crippen LogP contribution in [-0.2, 0) is 0 Å². The van der Waals surface area contributed by atoms with Crippen molar-refractivity contribution in [1.29, 1.82) is 0 Å². The van der Waals surface area contributed by atoms with Crippen LogP contribution in [0.1, 0.15) is 6.42 Å². The van der Waals surface area contributed by atoms with E-state index in [1.165, 1.54) is 11.4 Å². The van der Waals surface area contributed by atoms with E-state index >= 15 is 0 Å². The Hall–Kier alpha value is -1.76. The fourth-order valence-electron chi connectivity index (χ4n) is 1.78. The first-order chi connectivity index (χ1) is 7.92. The molecular formula is C15H16N. The SMILES string of the molecule is [CH2]CCN(c1ccccc1)c1ccccc1. The number of rotatable bonds is 4. The summed E-state index contributed by atoms with van der Waals surface area (Å²) < 4.78 is 0. The number of hydrogen-bond donors (Lipinski definition) is 0. The third kappa shape index (κ3) is 2.43. The van der Waals surface area contributed by atoms with Crippen molar-refractivity contribution >= 4 is 11.4 Å². The third-order valence-electron chi connectivity index (χ3n) is 2.52. The first kappa shape index (κ1) is 10.7. The van der Waals surface area contributed by atoms with E-state index in [1.807, 2.05) is 12.1 Å². The Morgan fingerprint density at radius 2 is 1.19 bits per heavy atom. The molecule has 0 bridgehead atoms. The van der Waals surface area contributed by atoms with Gasteiger partial charge in [0.1, 0.15) is 0 Å². The second-order valence-corrected chi connectivity index (χ2v) is 3.68. The minimum absolute atomic E-state index is 0.893. The molecule has 0 unspecified atom stereocenters. The Kier molecular flexibility index (Phi) is 3.60. The first-order valence-electron chi connectivity index (χ1n) is 5.58. The van der Waals surface area contributed by atoms with E-state index in [-0.39, 0.29) is 0 Å². The van der Waals surface area contributed by atoms with Gasteiger partial charge in [0.15, 0.2) is 0 Å². The number of anilines is 2. The fourth-order valence-corrected chi connectivity index (χ4v) is 1.78. The molecule has 2 aromatic carbocycles. The molecule has 0 aliphatic carbocycles.